The summed E-state index contributed by atoms with van der Waals surface area (Å²) in [5, 5.41) is 10.1. The first-order chi connectivity index (χ1) is 25.6. The zero-order valence-electron chi connectivity index (χ0n) is 35.1. The van der Waals surface area contributed by atoms with Crippen LogP contribution in [0.1, 0.15) is 258 Å². The number of rotatable bonds is 43. The van der Waals surface area contributed by atoms with E-state index < -0.39 is 6.10 Å². The average molecular weight is 735 g/mol. The van der Waals surface area contributed by atoms with Crippen molar-refractivity contribution in [1.29, 1.82) is 0 Å². The van der Waals surface area contributed by atoms with Crippen LogP contribution in [0.5, 0.6) is 0 Å². The van der Waals surface area contributed by atoms with Gasteiger partial charge in [-0.2, -0.15) is 0 Å². The Bertz CT molecular complexity index is 750. The first-order valence-corrected chi connectivity index (χ1v) is 23.2. The van der Waals surface area contributed by atoms with Gasteiger partial charge in [-0.15, -0.1) is 0 Å². The van der Waals surface area contributed by atoms with Gasteiger partial charge >= 0.3 is 11.9 Å². The molecular weight excluding hydrogens is 645 g/mol. The van der Waals surface area contributed by atoms with Crippen LogP contribution in [-0.4, -0.2) is 36.4 Å². The van der Waals surface area contributed by atoms with Gasteiger partial charge in [0.1, 0.15) is 19.3 Å². The summed E-state index contributed by atoms with van der Waals surface area (Å²) in [5.74, 6) is -0.555. The standard InChI is InChI=1S/C47H90O5/c1-3-5-7-9-11-13-15-17-19-21-22-23-24-26-28-30-32-34-36-38-40-42-47(50)52-44-45(48)43-51-46(49)41-39-37-35-33-31-29-27-25-20-18-16-14-12-10-8-6-4-2/h18,20,45,48H,3-17,19,21-44H2,1-2H3/b20-18-/t45-/m0/s1. The van der Waals surface area contributed by atoms with Gasteiger partial charge < -0.3 is 14.6 Å². The minimum atomic E-state index is -0.960. The fourth-order valence-corrected chi connectivity index (χ4v) is 6.97. The number of carbonyl (C=O) groups is 2. The van der Waals surface area contributed by atoms with Gasteiger partial charge in [0.15, 0.2) is 0 Å². The van der Waals surface area contributed by atoms with Crippen molar-refractivity contribution in [2.24, 2.45) is 0 Å². The lowest BCUT2D eigenvalue weighted by Gasteiger charge is -2.12. The van der Waals surface area contributed by atoms with E-state index in [4.69, 9.17) is 9.47 Å². The molecule has 0 spiro atoms. The zero-order valence-corrected chi connectivity index (χ0v) is 35.1. The van der Waals surface area contributed by atoms with Gasteiger partial charge in [0.25, 0.3) is 0 Å². The van der Waals surface area contributed by atoms with E-state index in [1.54, 1.807) is 0 Å². The van der Waals surface area contributed by atoms with Crippen LogP contribution >= 0.6 is 0 Å². The highest BCUT2D eigenvalue weighted by Gasteiger charge is 2.12. The van der Waals surface area contributed by atoms with Crippen molar-refractivity contribution >= 4 is 11.9 Å². The number of aliphatic hydroxyl groups is 1. The zero-order chi connectivity index (χ0) is 37.8. The predicted molar refractivity (Wildman–Crippen MR) is 224 cm³/mol. The molecule has 1 N–H and O–H groups in total. The minimum absolute atomic E-state index is 0.111. The molecule has 0 rings (SSSR count). The number of unbranched alkanes of at least 4 members (excludes halogenated alkanes) is 33. The Morgan fingerprint density at radius 3 is 0.885 bits per heavy atom. The Labute approximate surface area is 324 Å². The first kappa shape index (κ1) is 50.6. The molecule has 0 aromatic rings. The van der Waals surface area contributed by atoms with Crippen LogP contribution in [0.15, 0.2) is 12.2 Å². The van der Waals surface area contributed by atoms with Gasteiger partial charge in [0.2, 0.25) is 0 Å². The van der Waals surface area contributed by atoms with E-state index in [1.165, 1.54) is 199 Å². The molecule has 0 aromatic heterocycles. The van der Waals surface area contributed by atoms with Crippen molar-refractivity contribution in [3.05, 3.63) is 12.2 Å². The molecule has 0 aromatic carbocycles. The molecule has 0 fully saturated rings. The SMILES string of the molecule is CCCCCCCC/C=C\CCCCCCCCCC(=O)OC[C@H](O)COC(=O)CCCCCCCCCCCCCCCCCCCCCCC. The number of aliphatic hydroxyl groups excluding tert-OH is 1. The van der Waals surface area contributed by atoms with Gasteiger partial charge in [-0.3, -0.25) is 9.59 Å². The van der Waals surface area contributed by atoms with Crippen molar-refractivity contribution in [3.8, 4) is 0 Å². The summed E-state index contributed by atoms with van der Waals surface area (Å²) in [6.07, 6.45) is 51.4. The van der Waals surface area contributed by atoms with Gasteiger partial charge in [0, 0.05) is 12.8 Å². The molecule has 0 unspecified atom stereocenters. The van der Waals surface area contributed by atoms with Crippen LogP contribution in [0.4, 0.5) is 0 Å². The number of ether oxygens (including phenoxy) is 2. The molecule has 0 saturated carbocycles. The third-order valence-electron chi connectivity index (χ3n) is 10.5. The predicted octanol–water partition coefficient (Wildman–Crippen LogP) is 14.9. The summed E-state index contributed by atoms with van der Waals surface area (Å²) in [7, 11) is 0. The smallest absolute Gasteiger partial charge is 0.305 e. The lowest BCUT2D eigenvalue weighted by molar-refractivity contribution is -0.152. The quantitative estimate of drug-likeness (QED) is 0.0383. The molecular formula is C47H90O5. The first-order valence-electron chi connectivity index (χ1n) is 23.2. The van der Waals surface area contributed by atoms with Crippen molar-refractivity contribution in [3.63, 3.8) is 0 Å². The second kappa shape index (κ2) is 44.0. The molecule has 0 heterocycles. The highest BCUT2D eigenvalue weighted by molar-refractivity contribution is 5.69. The highest BCUT2D eigenvalue weighted by atomic mass is 16.6. The van der Waals surface area contributed by atoms with Crippen molar-refractivity contribution < 1.29 is 24.2 Å². The van der Waals surface area contributed by atoms with E-state index in [-0.39, 0.29) is 25.2 Å². The van der Waals surface area contributed by atoms with Gasteiger partial charge in [0.05, 0.1) is 0 Å². The molecule has 5 nitrogen and oxygen atoms in total. The summed E-state index contributed by atoms with van der Waals surface area (Å²) in [6, 6.07) is 0. The van der Waals surface area contributed by atoms with E-state index >= 15 is 0 Å². The van der Waals surface area contributed by atoms with E-state index in [2.05, 4.69) is 26.0 Å². The third kappa shape index (κ3) is 43.0. The molecule has 0 amide bonds. The molecule has 0 aliphatic rings. The maximum absolute atomic E-state index is 12.0. The molecule has 52 heavy (non-hydrogen) atoms. The third-order valence-corrected chi connectivity index (χ3v) is 10.5. The number of hydrogen-bond acceptors (Lipinski definition) is 5. The van der Waals surface area contributed by atoms with E-state index in [9.17, 15) is 14.7 Å². The minimum Gasteiger partial charge on any atom is -0.463 e. The molecule has 0 aliphatic carbocycles. The van der Waals surface area contributed by atoms with Crippen molar-refractivity contribution in [2.45, 2.75) is 264 Å². The van der Waals surface area contributed by atoms with Crippen LogP contribution < -0.4 is 0 Å². The van der Waals surface area contributed by atoms with Crippen LogP contribution in [0.3, 0.4) is 0 Å². The Morgan fingerprint density at radius 1 is 0.385 bits per heavy atom. The van der Waals surface area contributed by atoms with Gasteiger partial charge in [-0.25, -0.2) is 0 Å². The van der Waals surface area contributed by atoms with E-state index in [0.717, 1.165) is 32.1 Å². The molecule has 0 radical (unpaired) electrons. The second-order valence-electron chi connectivity index (χ2n) is 15.9. The Morgan fingerprint density at radius 2 is 0.615 bits per heavy atom. The van der Waals surface area contributed by atoms with Gasteiger partial charge in [-0.1, -0.05) is 219 Å². The summed E-state index contributed by atoms with van der Waals surface area (Å²) in [5.41, 5.74) is 0. The number of esters is 2. The lowest BCUT2D eigenvalue weighted by atomic mass is 10.0. The normalized spacial score (nSPS) is 12.1. The number of allylic oxidation sites excluding steroid dienone is 2. The van der Waals surface area contributed by atoms with Crippen molar-refractivity contribution in [2.75, 3.05) is 13.2 Å². The van der Waals surface area contributed by atoms with E-state index in [0.29, 0.717) is 12.8 Å². The molecule has 0 bridgehead atoms. The molecule has 5 heteroatoms. The average Bonchev–Trinajstić information content (AvgIpc) is 3.15. The van der Waals surface area contributed by atoms with E-state index in [1.807, 2.05) is 0 Å². The van der Waals surface area contributed by atoms with Crippen LogP contribution in [-0.2, 0) is 19.1 Å². The highest BCUT2D eigenvalue weighted by Crippen LogP contribution is 2.16. The second-order valence-corrected chi connectivity index (χ2v) is 15.9. The van der Waals surface area contributed by atoms with Crippen molar-refractivity contribution in [1.82, 2.24) is 0 Å². The molecule has 0 aliphatic heterocycles. The monoisotopic (exact) mass is 735 g/mol. The summed E-state index contributed by atoms with van der Waals surface area (Å²) in [6.45, 7) is 4.33. The number of carbonyl (C=O) groups excluding carboxylic acids is 2. The molecule has 0 saturated heterocycles. The summed E-state index contributed by atoms with van der Waals surface area (Å²) in [4.78, 5) is 24.0. The maximum Gasteiger partial charge on any atom is 0.305 e. The van der Waals surface area contributed by atoms with Gasteiger partial charge in [-0.05, 0) is 38.5 Å². The molecule has 1 atom stereocenters. The maximum atomic E-state index is 12.0. The summed E-state index contributed by atoms with van der Waals surface area (Å²) < 4.78 is 10.4. The summed E-state index contributed by atoms with van der Waals surface area (Å²) >= 11 is 0. The van der Waals surface area contributed by atoms with Crippen LogP contribution in [0.25, 0.3) is 0 Å². The fourth-order valence-electron chi connectivity index (χ4n) is 6.97. The Hall–Kier alpha value is -1.36. The Kier molecular flexibility index (Phi) is 42.9. The largest absolute Gasteiger partial charge is 0.463 e. The number of hydrogen-bond donors (Lipinski definition) is 1. The molecule has 308 valence electrons. The van der Waals surface area contributed by atoms with Crippen LogP contribution in [0, 0.1) is 0 Å². The topological polar surface area (TPSA) is 72.8 Å². The lowest BCUT2D eigenvalue weighted by Crippen LogP contribution is -2.25. The fraction of sp³-hybridized carbons (Fsp3) is 0.915. The van der Waals surface area contributed by atoms with Crippen LogP contribution in [0.2, 0.25) is 0 Å². The Balaban J connectivity index is 3.36.